The molecule has 15 heteroatoms. The van der Waals surface area contributed by atoms with Crippen LogP contribution in [0.2, 0.25) is 5.02 Å². The predicted molar refractivity (Wildman–Crippen MR) is 139 cm³/mol. The Bertz CT molecular complexity index is 1200. The molecule has 1 aliphatic rings. The molecule has 2 aromatic rings. The average molecular weight is 610 g/mol. The monoisotopic (exact) mass is 608 g/mol. The molecule has 11 nitrogen and oxygen atoms in total. The first kappa shape index (κ1) is 29.8. The Balaban J connectivity index is 1.73. The molecule has 0 radical (unpaired) electrons. The van der Waals surface area contributed by atoms with Gasteiger partial charge >= 0.3 is 12.0 Å². The molecule has 2 atom stereocenters. The Labute approximate surface area is 238 Å². The molecule has 0 unspecified atom stereocenters. The SMILES string of the molecule is CC[C@@H](NC(=O)N1CC(=O)NC[C@@H](Cc2cc(Cl)ccc2OC)C1=O)c1nc(C(=O)OCC(Cl)(Cl)Cl)co1. The highest BCUT2D eigenvalue weighted by Gasteiger charge is 2.36. The van der Waals surface area contributed by atoms with Gasteiger partial charge < -0.3 is 24.5 Å². The minimum atomic E-state index is -1.80. The fraction of sp³-hybridized carbons (Fsp3) is 0.435. The smallest absolute Gasteiger partial charge is 0.360 e. The van der Waals surface area contributed by atoms with Gasteiger partial charge in [-0.2, -0.15) is 0 Å². The molecule has 1 saturated heterocycles. The molecular weight excluding hydrogens is 586 g/mol. The van der Waals surface area contributed by atoms with Crippen molar-refractivity contribution in [3.63, 3.8) is 0 Å². The van der Waals surface area contributed by atoms with Crippen LogP contribution < -0.4 is 15.4 Å². The number of methoxy groups -OCH3 is 1. The summed E-state index contributed by atoms with van der Waals surface area (Å²) in [7, 11) is 1.49. The summed E-state index contributed by atoms with van der Waals surface area (Å²) in [6, 6.07) is 3.32. The number of benzene rings is 1. The highest BCUT2D eigenvalue weighted by molar-refractivity contribution is 6.67. The average Bonchev–Trinajstić information content (AvgIpc) is 3.31. The second-order valence-corrected chi connectivity index (χ2v) is 11.2. The van der Waals surface area contributed by atoms with Gasteiger partial charge in [-0.1, -0.05) is 53.3 Å². The number of nitrogens with one attached hydrogen (secondary N) is 2. The third kappa shape index (κ3) is 7.89. The van der Waals surface area contributed by atoms with Crippen LogP contribution in [0.3, 0.4) is 0 Å². The number of halogens is 4. The predicted octanol–water partition coefficient (Wildman–Crippen LogP) is 3.84. The van der Waals surface area contributed by atoms with Crippen molar-refractivity contribution in [3.05, 3.63) is 46.6 Å². The molecule has 0 saturated carbocycles. The second kappa shape index (κ2) is 12.9. The van der Waals surface area contributed by atoms with Crippen LogP contribution >= 0.6 is 46.4 Å². The van der Waals surface area contributed by atoms with Crippen LogP contribution in [0, 0.1) is 5.92 Å². The lowest BCUT2D eigenvalue weighted by atomic mass is 9.97. The number of nitrogens with zero attached hydrogens (tertiary/aromatic N) is 2. The quantitative estimate of drug-likeness (QED) is 0.340. The van der Waals surface area contributed by atoms with Gasteiger partial charge in [0.15, 0.2) is 5.69 Å². The second-order valence-electron chi connectivity index (χ2n) is 8.26. The van der Waals surface area contributed by atoms with Crippen LogP contribution in [-0.4, -0.2) is 64.3 Å². The van der Waals surface area contributed by atoms with Crippen LogP contribution in [-0.2, 0) is 20.7 Å². The van der Waals surface area contributed by atoms with E-state index in [-0.39, 0.29) is 31.0 Å². The van der Waals surface area contributed by atoms with Crippen molar-refractivity contribution >= 4 is 70.2 Å². The van der Waals surface area contributed by atoms with Crippen molar-refractivity contribution in [3.8, 4) is 5.75 Å². The number of urea groups is 1. The number of carbonyl (C=O) groups excluding carboxylic acids is 4. The van der Waals surface area contributed by atoms with Crippen molar-refractivity contribution < 1.29 is 33.1 Å². The topological polar surface area (TPSA) is 140 Å². The molecule has 38 heavy (non-hydrogen) atoms. The van der Waals surface area contributed by atoms with Gasteiger partial charge in [-0.3, -0.25) is 14.5 Å². The maximum absolute atomic E-state index is 13.3. The van der Waals surface area contributed by atoms with Crippen molar-refractivity contribution in [2.75, 3.05) is 26.8 Å². The zero-order valence-electron chi connectivity index (χ0n) is 20.3. The number of oxazole rings is 1. The number of alkyl halides is 3. The number of esters is 1. The lowest BCUT2D eigenvalue weighted by Crippen LogP contribution is -2.48. The lowest BCUT2D eigenvalue weighted by molar-refractivity contribution is -0.133. The van der Waals surface area contributed by atoms with E-state index in [1.165, 1.54) is 7.11 Å². The number of carbonyl (C=O) groups is 4. The van der Waals surface area contributed by atoms with Gasteiger partial charge in [0.2, 0.25) is 21.5 Å². The summed E-state index contributed by atoms with van der Waals surface area (Å²) >= 11 is 22.8. The highest BCUT2D eigenvalue weighted by Crippen LogP contribution is 2.28. The number of rotatable bonds is 8. The van der Waals surface area contributed by atoms with E-state index < -0.39 is 52.7 Å². The first-order valence-electron chi connectivity index (χ1n) is 11.3. The van der Waals surface area contributed by atoms with Crippen LogP contribution in [0.5, 0.6) is 5.75 Å². The van der Waals surface area contributed by atoms with Crippen LogP contribution in [0.1, 0.15) is 41.3 Å². The Morgan fingerprint density at radius 2 is 2.05 bits per heavy atom. The first-order valence-corrected chi connectivity index (χ1v) is 12.8. The molecule has 4 amide bonds. The summed E-state index contributed by atoms with van der Waals surface area (Å²) in [6.07, 6.45) is 1.49. The van der Waals surface area contributed by atoms with Crippen LogP contribution in [0.25, 0.3) is 0 Å². The summed E-state index contributed by atoms with van der Waals surface area (Å²) in [5, 5.41) is 5.73. The summed E-state index contributed by atoms with van der Waals surface area (Å²) < 4.78 is 13.7. The van der Waals surface area contributed by atoms with E-state index in [2.05, 4.69) is 15.6 Å². The number of imide groups is 1. The van der Waals surface area contributed by atoms with Gasteiger partial charge in [-0.25, -0.2) is 14.6 Å². The number of hydrogen-bond donors (Lipinski definition) is 2. The van der Waals surface area contributed by atoms with Gasteiger partial charge in [0, 0.05) is 11.6 Å². The van der Waals surface area contributed by atoms with Crippen LogP contribution in [0.15, 0.2) is 28.9 Å². The van der Waals surface area contributed by atoms with Gasteiger partial charge in [0.1, 0.15) is 31.2 Å². The van der Waals surface area contributed by atoms with E-state index in [1.54, 1.807) is 25.1 Å². The molecule has 1 aromatic carbocycles. The minimum absolute atomic E-state index is 0.0198. The zero-order valence-corrected chi connectivity index (χ0v) is 23.3. The molecule has 2 heterocycles. The molecule has 1 fully saturated rings. The molecule has 0 spiro atoms. The van der Waals surface area contributed by atoms with E-state index in [0.717, 1.165) is 11.2 Å². The molecule has 0 bridgehead atoms. The van der Waals surface area contributed by atoms with Crippen molar-refractivity contribution in [1.82, 2.24) is 20.5 Å². The Hall–Kier alpha value is -2.73. The molecular formula is C23H24Cl4N4O7. The lowest BCUT2D eigenvalue weighted by Gasteiger charge is -2.24. The molecule has 0 aliphatic carbocycles. The van der Waals surface area contributed by atoms with Gasteiger partial charge in [0.05, 0.1) is 13.0 Å². The summed E-state index contributed by atoms with van der Waals surface area (Å²) in [5.41, 5.74) is 0.443. The van der Waals surface area contributed by atoms with E-state index in [4.69, 9.17) is 60.3 Å². The fourth-order valence-electron chi connectivity index (χ4n) is 3.65. The molecule has 3 rings (SSSR count). The van der Waals surface area contributed by atoms with Crippen molar-refractivity contribution in [2.24, 2.45) is 5.92 Å². The molecule has 206 valence electrons. The third-order valence-corrected chi connectivity index (χ3v) is 6.08. The normalized spacial score (nSPS) is 16.9. The molecule has 1 aromatic heterocycles. The van der Waals surface area contributed by atoms with Crippen LogP contribution in [0.4, 0.5) is 4.79 Å². The summed E-state index contributed by atoms with van der Waals surface area (Å²) in [4.78, 5) is 55.8. The zero-order chi connectivity index (χ0) is 28.0. The summed E-state index contributed by atoms with van der Waals surface area (Å²) in [5.74, 6) is -2.23. The minimum Gasteiger partial charge on any atom is -0.496 e. The maximum Gasteiger partial charge on any atom is 0.360 e. The van der Waals surface area contributed by atoms with Crippen molar-refractivity contribution in [2.45, 2.75) is 29.6 Å². The maximum atomic E-state index is 13.3. The summed E-state index contributed by atoms with van der Waals surface area (Å²) in [6.45, 7) is 0.757. The Morgan fingerprint density at radius 1 is 1.32 bits per heavy atom. The molecule has 2 N–H and O–H groups in total. The van der Waals surface area contributed by atoms with Gasteiger partial charge in [-0.05, 0) is 36.6 Å². The molecule has 1 aliphatic heterocycles. The van der Waals surface area contributed by atoms with Gasteiger partial charge in [-0.15, -0.1) is 0 Å². The third-order valence-electron chi connectivity index (χ3n) is 5.52. The Morgan fingerprint density at radius 3 is 2.71 bits per heavy atom. The number of amides is 4. The van der Waals surface area contributed by atoms with E-state index >= 15 is 0 Å². The van der Waals surface area contributed by atoms with Crippen molar-refractivity contribution in [1.29, 1.82) is 0 Å². The van der Waals surface area contributed by atoms with E-state index in [9.17, 15) is 19.2 Å². The highest BCUT2D eigenvalue weighted by atomic mass is 35.6. The van der Waals surface area contributed by atoms with E-state index in [0.29, 0.717) is 16.3 Å². The number of ether oxygens (including phenoxy) is 2. The number of aromatic nitrogens is 1. The number of hydrogen-bond acceptors (Lipinski definition) is 8. The van der Waals surface area contributed by atoms with Gasteiger partial charge in [0.25, 0.3) is 0 Å². The Kier molecular flexibility index (Phi) is 10.1. The fourth-order valence-corrected chi connectivity index (χ4v) is 4.01. The largest absolute Gasteiger partial charge is 0.496 e. The first-order chi connectivity index (χ1) is 17.9. The standard InChI is InChI=1S/C23H24Cl4N4O7/c1-3-15(19-29-16(10-37-19)21(34)38-11-23(25,26)27)30-22(35)31-9-18(32)28-8-13(20(31)33)6-12-7-14(24)4-5-17(12)36-2/h4-5,7,10,13,15H,3,6,8-9,11H2,1-2H3,(H,28,32)(H,30,35)/t13-,15-/m1/s1. The van der Waals surface area contributed by atoms with E-state index in [1.807, 2.05) is 0 Å².